The minimum atomic E-state index is -3.59. The maximum atomic E-state index is 13.2. The zero-order valence-corrected chi connectivity index (χ0v) is 14.4. The molecule has 1 N–H and O–H groups in total. The normalized spacial score (nSPS) is 24.4. The standard InChI is InChI=1S/C17H21N3O3S/c1-23-14-10-16(17-18-7-8-19-17)20(11-14)24(21,22)15-6-5-12-3-2-4-13(12)9-15/h5-9,14,16H,2-4,10-11H2,1H3,(H,18,19)/t14-,16?/m1/s1. The zero-order chi connectivity index (χ0) is 16.7. The first-order valence-corrected chi connectivity index (χ1v) is 9.69. The molecule has 7 heteroatoms. The number of nitrogens with one attached hydrogen (secondary N) is 1. The van der Waals surface area contributed by atoms with Gasteiger partial charge in [-0.15, -0.1) is 0 Å². The van der Waals surface area contributed by atoms with Crippen molar-refractivity contribution >= 4 is 10.0 Å². The molecular weight excluding hydrogens is 326 g/mol. The molecule has 0 radical (unpaired) electrons. The maximum absolute atomic E-state index is 13.2. The molecule has 0 spiro atoms. The quantitative estimate of drug-likeness (QED) is 0.918. The highest BCUT2D eigenvalue weighted by atomic mass is 32.2. The van der Waals surface area contributed by atoms with E-state index in [2.05, 4.69) is 9.97 Å². The van der Waals surface area contributed by atoms with Gasteiger partial charge in [-0.25, -0.2) is 13.4 Å². The Labute approximate surface area is 141 Å². The molecule has 1 aromatic heterocycles. The molecule has 24 heavy (non-hydrogen) atoms. The van der Waals surface area contributed by atoms with Crippen LogP contribution < -0.4 is 0 Å². The van der Waals surface area contributed by atoms with Gasteiger partial charge >= 0.3 is 0 Å². The van der Waals surface area contributed by atoms with Crippen LogP contribution in [0.3, 0.4) is 0 Å². The van der Waals surface area contributed by atoms with E-state index in [9.17, 15) is 8.42 Å². The number of hydrogen-bond donors (Lipinski definition) is 1. The van der Waals surface area contributed by atoms with Crippen LogP contribution in [0.15, 0.2) is 35.5 Å². The van der Waals surface area contributed by atoms with Gasteiger partial charge in [-0.2, -0.15) is 4.31 Å². The minimum Gasteiger partial charge on any atom is -0.380 e. The van der Waals surface area contributed by atoms with Crippen molar-refractivity contribution in [1.82, 2.24) is 14.3 Å². The molecule has 1 saturated heterocycles. The maximum Gasteiger partial charge on any atom is 0.243 e. The fourth-order valence-electron chi connectivity index (χ4n) is 3.76. The molecule has 1 unspecified atom stereocenters. The lowest BCUT2D eigenvalue weighted by Crippen LogP contribution is -2.32. The fourth-order valence-corrected chi connectivity index (χ4v) is 5.44. The number of aromatic amines is 1. The predicted molar refractivity (Wildman–Crippen MR) is 89.1 cm³/mol. The van der Waals surface area contributed by atoms with Gasteiger partial charge in [0, 0.05) is 26.0 Å². The summed E-state index contributed by atoms with van der Waals surface area (Å²) in [4.78, 5) is 7.68. The van der Waals surface area contributed by atoms with E-state index in [0.717, 1.165) is 24.8 Å². The Morgan fingerprint density at radius 2 is 2.12 bits per heavy atom. The number of hydrogen-bond acceptors (Lipinski definition) is 4. The van der Waals surface area contributed by atoms with E-state index >= 15 is 0 Å². The number of H-pyrrole nitrogens is 1. The number of methoxy groups -OCH3 is 1. The third-order valence-electron chi connectivity index (χ3n) is 5.06. The van der Waals surface area contributed by atoms with Crippen LogP contribution in [-0.4, -0.2) is 42.4 Å². The number of fused-ring (bicyclic) bond motifs is 1. The van der Waals surface area contributed by atoms with E-state index in [1.807, 2.05) is 12.1 Å². The molecule has 6 nitrogen and oxygen atoms in total. The lowest BCUT2D eigenvalue weighted by molar-refractivity contribution is 0.114. The Morgan fingerprint density at radius 3 is 2.88 bits per heavy atom. The van der Waals surface area contributed by atoms with E-state index < -0.39 is 10.0 Å². The Hall–Kier alpha value is -1.70. The topological polar surface area (TPSA) is 75.3 Å². The highest BCUT2D eigenvalue weighted by Crippen LogP contribution is 2.37. The van der Waals surface area contributed by atoms with Crippen LogP contribution in [0.2, 0.25) is 0 Å². The molecule has 1 aliphatic carbocycles. The summed E-state index contributed by atoms with van der Waals surface area (Å²) in [5.41, 5.74) is 2.43. The molecule has 0 amide bonds. The smallest absolute Gasteiger partial charge is 0.243 e. The average molecular weight is 347 g/mol. The number of ether oxygens (including phenoxy) is 1. The number of nitrogens with zero attached hydrogens (tertiary/aromatic N) is 2. The van der Waals surface area contributed by atoms with Crippen LogP contribution in [-0.2, 0) is 27.6 Å². The first-order valence-electron chi connectivity index (χ1n) is 8.25. The lowest BCUT2D eigenvalue weighted by Gasteiger charge is -2.22. The average Bonchev–Trinajstić information content (AvgIpc) is 3.31. The van der Waals surface area contributed by atoms with E-state index in [1.165, 1.54) is 9.87 Å². The summed E-state index contributed by atoms with van der Waals surface area (Å²) >= 11 is 0. The van der Waals surface area contributed by atoms with Crippen molar-refractivity contribution in [3.8, 4) is 0 Å². The molecule has 1 aromatic carbocycles. The summed E-state index contributed by atoms with van der Waals surface area (Å²) in [7, 11) is -1.96. The third-order valence-corrected chi connectivity index (χ3v) is 6.93. The van der Waals surface area contributed by atoms with Gasteiger partial charge in [0.25, 0.3) is 0 Å². The van der Waals surface area contributed by atoms with E-state index in [-0.39, 0.29) is 12.1 Å². The second kappa shape index (κ2) is 5.98. The van der Waals surface area contributed by atoms with Crippen molar-refractivity contribution in [2.45, 2.75) is 42.7 Å². The molecule has 0 saturated carbocycles. The Bertz CT molecular complexity index is 833. The van der Waals surface area contributed by atoms with Crippen molar-refractivity contribution in [2.24, 2.45) is 0 Å². The van der Waals surface area contributed by atoms with Gasteiger partial charge in [0.15, 0.2) is 0 Å². The summed E-state index contributed by atoms with van der Waals surface area (Å²) in [5, 5.41) is 0. The van der Waals surface area contributed by atoms with Crippen molar-refractivity contribution in [2.75, 3.05) is 13.7 Å². The highest BCUT2D eigenvalue weighted by Gasteiger charge is 2.42. The van der Waals surface area contributed by atoms with Gasteiger partial charge in [-0.05, 0) is 48.9 Å². The summed E-state index contributed by atoms with van der Waals surface area (Å²) in [6.45, 7) is 0.348. The lowest BCUT2D eigenvalue weighted by atomic mass is 10.1. The minimum absolute atomic E-state index is 0.121. The molecule has 1 fully saturated rings. The molecule has 2 heterocycles. The molecule has 4 rings (SSSR count). The highest BCUT2D eigenvalue weighted by molar-refractivity contribution is 7.89. The monoisotopic (exact) mass is 347 g/mol. The fraction of sp³-hybridized carbons (Fsp3) is 0.471. The summed E-state index contributed by atoms with van der Waals surface area (Å²) < 4.78 is 33.4. The van der Waals surface area contributed by atoms with Gasteiger partial charge in [0.2, 0.25) is 10.0 Å². The zero-order valence-electron chi connectivity index (χ0n) is 13.6. The van der Waals surface area contributed by atoms with Crippen LogP contribution in [0, 0.1) is 0 Å². The van der Waals surface area contributed by atoms with Gasteiger partial charge < -0.3 is 9.72 Å². The predicted octanol–water partition coefficient (Wildman–Crippen LogP) is 2.05. The van der Waals surface area contributed by atoms with E-state index in [1.54, 1.807) is 25.6 Å². The van der Waals surface area contributed by atoms with Crippen LogP contribution in [0.5, 0.6) is 0 Å². The number of aryl methyl sites for hydroxylation is 2. The first kappa shape index (κ1) is 15.8. The number of benzene rings is 1. The van der Waals surface area contributed by atoms with Crippen LogP contribution in [0.25, 0.3) is 0 Å². The molecule has 2 atom stereocenters. The van der Waals surface area contributed by atoms with Crippen LogP contribution in [0.1, 0.15) is 35.8 Å². The second-order valence-corrected chi connectivity index (χ2v) is 8.33. The number of aromatic nitrogens is 2. The summed E-state index contributed by atoms with van der Waals surface area (Å²) in [5.74, 6) is 0.666. The van der Waals surface area contributed by atoms with Crippen LogP contribution in [0.4, 0.5) is 0 Å². The Balaban J connectivity index is 1.71. The number of rotatable bonds is 4. The molecule has 128 valence electrons. The Kier molecular flexibility index (Phi) is 3.94. The molecule has 0 bridgehead atoms. The van der Waals surface area contributed by atoms with Crippen molar-refractivity contribution in [3.05, 3.63) is 47.5 Å². The largest absolute Gasteiger partial charge is 0.380 e. The van der Waals surface area contributed by atoms with Crippen molar-refractivity contribution in [1.29, 1.82) is 0 Å². The second-order valence-electron chi connectivity index (χ2n) is 6.44. The molecule has 1 aliphatic heterocycles. The number of sulfonamides is 1. The third kappa shape index (κ3) is 2.56. The van der Waals surface area contributed by atoms with E-state index in [4.69, 9.17) is 4.74 Å². The van der Waals surface area contributed by atoms with E-state index in [0.29, 0.717) is 23.7 Å². The van der Waals surface area contributed by atoms with Crippen molar-refractivity contribution in [3.63, 3.8) is 0 Å². The van der Waals surface area contributed by atoms with Gasteiger partial charge in [0.1, 0.15) is 5.82 Å². The van der Waals surface area contributed by atoms with Gasteiger partial charge in [-0.3, -0.25) is 0 Å². The summed E-state index contributed by atoms with van der Waals surface area (Å²) in [6, 6.07) is 5.22. The summed E-state index contributed by atoms with van der Waals surface area (Å²) in [6.07, 6.45) is 6.95. The van der Waals surface area contributed by atoms with Gasteiger partial charge in [0.05, 0.1) is 17.0 Å². The Morgan fingerprint density at radius 1 is 1.29 bits per heavy atom. The van der Waals surface area contributed by atoms with Crippen molar-refractivity contribution < 1.29 is 13.2 Å². The van der Waals surface area contributed by atoms with Gasteiger partial charge in [-0.1, -0.05) is 6.07 Å². The SMILES string of the molecule is CO[C@@H]1CC(c2ncc[nH]2)N(S(=O)(=O)c2ccc3c(c2)CCC3)C1. The molecular formula is C17H21N3O3S. The van der Waals surface area contributed by atoms with Crippen LogP contribution >= 0.6 is 0 Å². The molecule has 2 aromatic rings. The first-order chi connectivity index (χ1) is 11.6. The molecule has 2 aliphatic rings. The number of imidazole rings is 1.